The van der Waals surface area contributed by atoms with Crippen LogP contribution in [-0.2, 0) is 0 Å². The normalized spacial score (nSPS) is 11.8. The van der Waals surface area contributed by atoms with Crippen LogP contribution in [0.1, 0.15) is 44.9 Å². The summed E-state index contributed by atoms with van der Waals surface area (Å²) >= 11 is 0. The van der Waals surface area contributed by atoms with Crippen LogP contribution < -0.4 is 0 Å². The first-order valence-electron chi connectivity index (χ1n) is 7.48. The first-order chi connectivity index (χ1) is 9.61. The Morgan fingerprint density at radius 3 is 1.25 bits per heavy atom. The van der Waals surface area contributed by atoms with Gasteiger partial charge in [0.25, 0.3) is 0 Å². The van der Waals surface area contributed by atoms with E-state index < -0.39 is 0 Å². The quantitative estimate of drug-likeness (QED) is 0.745. The molecule has 2 rings (SSSR count). The lowest BCUT2D eigenvalue weighted by Crippen LogP contribution is -2.40. The number of hydrogen-bond donors (Lipinski definition) is 0. The fourth-order valence-corrected chi connectivity index (χ4v) is 3.00. The second-order valence-electron chi connectivity index (χ2n) is 5.86. The fourth-order valence-electron chi connectivity index (χ4n) is 3.00. The Kier molecular flexibility index (Phi) is 4.97. The average molecular weight is 267 g/mol. The third-order valence-corrected chi connectivity index (χ3v) is 3.72. The van der Waals surface area contributed by atoms with Crippen molar-refractivity contribution in [1.29, 1.82) is 0 Å². The van der Waals surface area contributed by atoms with E-state index in [0.717, 1.165) is 0 Å². The van der Waals surface area contributed by atoms with Gasteiger partial charge < -0.3 is 0 Å². The van der Waals surface area contributed by atoms with Crippen LogP contribution in [0.3, 0.4) is 0 Å². The summed E-state index contributed by atoms with van der Waals surface area (Å²) in [5, 5.41) is 0. The maximum absolute atomic E-state index is 2.57. The lowest BCUT2D eigenvalue weighted by Gasteiger charge is -2.39. The van der Waals surface area contributed by atoms with Gasteiger partial charge in [0.15, 0.2) is 0 Å². The van der Waals surface area contributed by atoms with E-state index in [1.165, 1.54) is 11.1 Å². The van der Waals surface area contributed by atoms with Crippen molar-refractivity contribution in [3.05, 3.63) is 71.8 Å². The van der Waals surface area contributed by atoms with Crippen LogP contribution >= 0.6 is 0 Å². The number of nitrogens with zero attached hydrogens (tertiary/aromatic N) is 1. The first-order valence-corrected chi connectivity index (χ1v) is 7.48. The zero-order valence-corrected chi connectivity index (χ0v) is 13.0. The van der Waals surface area contributed by atoms with Gasteiger partial charge in [-0.2, -0.15) is 0 Å². The third kappa shape index (κ3) is 3.29. The van der Waals surface area contributed by atoms with Gasteiger partial charge in [0, 0.05) is 12.1 Å². The Labute approximate surface area is 123 Å². The molecule has 0 amide bonds. The summed E-state index contributed by atoms with van der Waals surface area (Å²) in [7, 11) is 0. The molecule has 106 valence electrons. The van der Waals surface area contributed by atoms with E-state index in [2.05, 4.69) is 93.3 Å². The predicted molar refractivity (Wildman–Crippen MR) is 86.8 cm³/mol. The number of hydrogen-bond acceptors (Lipinski definition) is 1. The summed E-state index contributed by atoms with van der Waals surface area (Å²) in [5.41, 5.74) is 2.72. The van der Waals surface area contributed by atoms with Crippen molar-refractivity contribution in [3.8, 4) is 0 Å². The minimum atomic E-state index is 0.317. The molecule has 0 aliphatic heterocycles. The predicted octanol–water partition coefficient (Wildman–Crippen LogP) is 4.89. The molecule has 0 saturated carbocycles. The Morgan fingerprint density at radius 1 is 0.600 bits per heavy atom. The van der Waals surface area contributed by atoms with Crippen LogP contribution in [0.15, 0.2) is 60.7 Å². The van der Waals surface area contributed by atoms with Crippen molar-refractivity contribution in [2.75, 3.05) is 0 Å². The minimum absolute atomic E-state index is 0.317. The summed E-state index contributed by atoms with van der Waals surface area (Å²) < 4.78 is 0. The molecule has 20 heavy (non-hydrogen) atoms. The molecule has 0 atom stereocenters. The first kappa shape index (κ1) is 14.8. The van der Waals surface area contributed by atoms with Gasteiger partial charge in [-0.3, -0.25) is 4.90 Å². The zero-order valence-electron chi connectivity index (χ0n) is 13.0. The highest BCUT2D eigenvalue weighted by atomic mass is 15.2. The van der Waals surface area contributed by atoms with Gasteiger partial charge in [0.2, 0.25) is 0 Å². The average Bonchev–Trinajstić information content (AvgIpc) is 2.45. The van der Waals surface area contributed by atoms with Gasteiger partial charge in [-0.1, -0.05) is 60.7 Å². The molecule has 0 fully saturated rings. The van der Waals surface area contributed by atoms with Gasteiger partial charge in [-0.05, 0) is 38.8 Å². The largest absolute Gasteiger partial charge is 0.287 e. The van der Waals surface area contributed by atoms with Gasteiger partial charge in [0.05, 0.1) is 6.04 Å². The molecule has 0 N–H and O–H groups in total. The van der Waals surface area contributed by atoms with Crippen LogP contribution in [0.2, 0.25) is 0 Å². The molecule has 0 saturated heterocycles. The molecule has 2 aromatic rings. The standard InChI is InChI=1S/C19H25N/c1-15(2)20(16(3)4)19(17-11-7-5-8-12-17)18-13-9-6-10-14-18/h5-16,19H,1-4H3. The van der Waals surface area contributed by atoms with Crippen molar-refractivity contribution >= 4 is 0 Å². The summed E-state index contributed by atoms with van der Waals surface area (Å²) in [4.78, 5) is 2.57. The lowest BCUT2D eigenvalue weighted by atomic mass is 9.95. The van der Waals surface area contributed by atoms with Gasteiger partial charge in [0.1, 0.15) is 0 Å². The molecule has 1 heteroatoms. The summed E-state index contributed by atoms with van der Waals surface area (Å²) in [6.07, 6.45) is 0. The molecule has 2 aromatic carbocycles. The van der Waals surface area contributed by atoms with Gasteiger partial charge in [-0.15, -0.1) is 0 Å². The SMILES string of the molecule is CC(C)N(C(C)C)C(c1ccccc1)c1ccccc1. The maximum atomic E-state index is 2.57. The van der Waals surface area contributed by atoms with E-state index in [-0.39, 0.29) is 0 Å². The van der Waals surface area contributed by atoms with Crippen LogP contribution in [0.4, 0.5) is 0 Å². The van der Waals surface area contributed by atoms with Crippen molar-refractivity contribution in [2.24, 2.45) is 0 Å². The maximum Gasteiger partial charge on any atom is 0.0606 e. The molecular formula is C19H25N. The Morgan fingerprint density at radius 2 is 0.950 bits per heavy atom. The molecule has 0 unspecified atom stereocenters. The van der Waals surface area contributed by atoms with Crippen LogP contribution in [0.25, 0.3) is 0 Å². The van der Waals surface area contributed by atoms with Crippen molar-refractivity contribution in [1.82, 2.24) is 4.90 Å². The molecule has 0 aliphatic carbocycles. The molecule has 0 heterocycles. The molecule has 0 aliphatic rings. The number of rotatable bonds is 5. The van der Waals surface area contributed by atoms with Crippen molar-refractivity contribution < 1.29 is 0 Å². The van der Waals surface area contributed by atoms with E-state index in [9.17, 15) is 0 Å². The zero-order chi connectivity index (χ0) is 14.5. The van der Waals surface area contributed by atoms with Crippen LogP contribution in [-0.4, -0.2) is 17.0 Å². The summed E-state index contributed by atoms with van der Waals surface area (Å²) in [5.74, 6) is 0. The van der Waals surface area contributed by atoms with E-state index >= 15 is 0 Å². The van der Waals surface area contributed by atoms with E-state index in [4.69, 9.17) is 0 Å². The van der Waals surface area contributed by atoms with Gasteiger partial charge >= 0.3 is 0 Å². The highest BCUT2D eigenvalue weighted by molar-refractivity contribution is 5.32. The van der Waals surface area contributed by atoms with E-state index in [1.54, 1.807) is 0 Å². The minimum Gasteiger partial charge on any atom is -0.287 e. The monoisotopic (exact) mass is 267 g/mol. The molecule has 0 bridgehead atoms. The highest BCUT2D eigenvalue weighted by Crippen LogP contribution is 2.31. The summed E-state index contributed by atoms with van der Waals surface area (Å²) in [6.45, 7) is 9.11. The molecule has 1 nitrogen and oxygen atoms in total. The second kappa shape index (κ2) is 6.71. The van der Waals surface area contributed by atoms with Crippen molar-refractivity contribution in [2.45, 2.75) is 45.8 Å². The fraction of sp³-hybridized carbons (Fsp3) is 0.368. The second-order valence-corrected chi connectivity index (χ2v) is 5.86. The van der Waals surface area contributed by atoms with Crippen LogP contribution in [0, 0.1) is 0 Å². The summed E-state index contributed by atoms with van der Waals surface area (Å²) in [6, 6.07) is 22.9. The highest BCUT2D eigenvalue weighted by Gasteiger charge is 2.26. The van der Waals surface area contributed by atoms with Crippen LogP contribution in [0.5, 0.6) is 0 Å². The van der Waals surface area contributed by atoms with Gasteiger partial charge in [-0.25, -0.2) is 0 Å². The topological polar surface area (TPSA) is 3.24 Å². The smallest absolute Gasteiger partial charge is 0.0606 e. The Hall–Kier alpha value is -1.60. The molecular weight excluding hydrogens is 242 g/mol. The van der Waals surface area contributed by atoms with E-state index in [1.807, 2.05) is 0 Å². The number of benzene rings is 2. The molecule has 0 spiro atoms. The Balaban J connectivity index is 2.49. The van der Waals surface area contributed by atoms with Crippen molar-refractivity contribution in [3.63, 3.8) is 0 Å². The molecule has 0 aromatic heterocycles. The van der Waals surface area contributed by atoms with E-state index in [0.29, 0.717) is 18.1 Å². The Bertz CT molecular complexity index is 454. The third-order valence-electron chi connectivity index (χ3n) is 3.72. The lowest BCUT2D eigenvalue weighted by molar-refractivity contribution is 0.134. The molecule has 0 radical (unpaired) electrons.